The van der Waals surface area contributed by atoms with E-state index in [0.717, 1.165) is 22.1 Å². The molecule has 2 aromatic carbocycles. The van der Waals surface area contributed by atoms with Crippen molar-refractivity contribution >= 4 is 38.4 Å². The van der Waals surface area contributed by atoms with Crippen LogP contribution in [0.15, 0.2) is 59.2 Å². The number of hydrogen-bond donors (Lipinski definition) is 1. The van der Waals surface area contributed by atoms with Crippen molar-refractivity contribution in [2.24, 2.45) is 0 Å². The third-order valence-electron chi connectivity index (χ3n) is 3.71. The van der Waals surface area contributed by atoms with Crippen LogP contribution in [0.25, 0.3) is 10.9 Å². The van der Waals surface area contributed by atoms with Gasteiger partial charge in [-0.1, -0.05) is 25.1 Å². The van der Waals surface area contributed by atoms with Gasteiger partial charge in [0.15, 0.2) is 0 Å². The van der Waals surface area contributed by atoms with E-state index in [1.807, 2.05) is 35.0 Å². The van der Waals surface area contributed by atoms with Crippen LogP contribution in [-0.4, -0.2) is 10.5 Å². The molecule has 1 amide bonds. The zero-order chi connectivity index (χ0) is 15.5. The van der Waals surface area contributed by atoms with Crippen molar-refractivity contribution in [2.75, 3.05) is 5.32 Å². The molecule has 0 spiro atoms. The first kappa shape index (κ1) is 14.9. The number of fused-ring (bicyclic) bond motifs is 1. The van der Waals surface area contributed by atoms with Crippen LogP contribution in [0.5, 0.6) is 0 Å². The second-order valence-electron chi connectivity index (χ2n) is 5.22. The summed E-state index contributed by atoms with van der Waals surface area (Å²) in [4.78, 5) is 12.2. The number of para-hydroxylation sites is 1. The molecule has 3 rings (SSSR count). The number of carbonyl (C=O) groups is 1. The van der Waals surface area contributed by atoms with Gasteiger partial charge in [0.25, 0.3) is 0 Å². The molecular formula is C18H17BrN2O. The van der Waals surface area contributed by atoms with Crippen LogP contribution >= 0.6 is 15.9 Å². The fourth-order valence-corrected chi connectivity index (χ4v) is 2.90. The summed E-state index contributed by atoms with van der Waals surface area (Å²) in [7, 11) is 0. The van der Waals surface area contributed by atoms with Crippen LogP contribution in [-0.2, 0) is 17.8 Å². The van der Waals surface area contributed by atoms with Crippen molar-refractivity contribution in [3.05, 3.63) is 64.8 Å². The van der Waals surface area contributed by atoms with Gasteiger partial charge >= 0.3 is 0 Å². The number of aryl methyl sites for hydroxylation is 1. The molecule has 22 heavy (non-hydrogen) atoms. The first-order valence-corrected chi connectivity index (χ1v) is 8.09. The number of anilines is 1. The smallest absolute Gasteiger partial charge is 0.244 e. The number of benzene rings is 2. The van der Waals surface area contributed by atoms with Crippen molar-refractivity contribution in [3.8, 4) is 0 Å². The maximum atomic E-state index is 12.2. The Morgan fingerprint density at radius 2 is 2.00 bits per heavy atom. The highest BCUT2D eigenvalue weighted by Gasteiger charge is 2.08. The summed E-state index contributed by atoms with van der Waals surface area (Å²) in [5.74, 6) is -0.0380. The van der Waals surface area contributed by atoms with Gasteiger partial charge in [-0.2, -0.15) is 0 Å². The van der Waals surface area contributed by atoms with E-state index in [-0.39, 0.29) is 5.91 Å². The Bertz CT molecular complexity index is 823. The summed E-state index contributed by atoms with van der Waals surface area (Å²) in [5.41, 5.74) is 3.18. The topological polar surface area (TPSA) is 34.0 Å². The highest BCUT2D eigenvalue weighted by molar-refractivity contribution is 9.10. The third-order valence-corrected chi connectivity index (χ3v) is 4.40. The Morgan fingerprint density at radius 1 is 1.18 bits per heavy atom. The first-order valence-electron chi connectivity index (χ1n) is 7.29. The Morgan fingerprint density at radius 3 is 2.77 bits per heavy atom. The first-order chi connectivity index (χ1) is 10.7. The number of carbonyl (C=O) groups excluding carboxylic acids is 1. The predicted octanol–water partition coefficient (Wildman–Crippen LogP) is 4.60. The maximum absolute atomic E-state index is 12.2. The molecular weight excluding hydrogens is 340 g/mol. The van der Waals surface area contributed by atoms with Crippen LogP contribution in [0.2, 0.25) is 0 Å². The molecule has 0 radical (unpaired) electrons. The summed E-state index contributed by atoms with van der Waals surface area (Å²) in [6.07, 6.45) is 2.98. The largest absolute Gasteiger partial charge is 0.338 e. The predicted molar refractivity (Wildman–Crippen MR) is 94.1 cm³/mol. The van der Waals surface area contributed by atoms with E-state index in [4.69, 9.17) is 0 Å². The summed E-state index contributed by atoms with van der Waals surface area (Å²) < 4.78 is 2.86. The zero-order valence-corrected chi connectivity index (χ0v) is 13.9. The SMILES string of the molecule is CCc1ccc2c(ccn2CC(=O)Nc2ccccc2Br)c1. The standard InChI is InChI=1S/C18H17BrN2O/c1-2-13-7-8-17-14(11-13)9-10-21(17)12-18(22)20-16-6-4-3-5-15(16)19/h3-11H,2,12H2,1H3,(H,20,22). The second-order valence-corrected chi connectivity index (χ2v) is 6.07. The lowest BCUT2D eigenvalue weighted by Gasteiger charge is -2.09. The van der Waals surface area contributed by atoms with Crippen LogP contribution in [0.1, 0.15) is 12.5 Å². The molecule has 0 aliphatic rings. The van der Waals surface area contributed by atoms with E-state index in [1.54, 1.807) is 0 Å². The Balaban J connectivity index is 1.78. The van der Waals surface area contributed by atoms with Crippen LogP contribution < -0.4 is 5.32 Å². The van der Waals surface area contributed by atoms with Crippen molar-refractivity contribution in [1.82, 2.24) is 4.57 Å². The van der Waals surface area contributed by atoms with Crippen LogP contribution in [0.3, 0.4) is 0 Å². The molecule has 0 unspecified atom stereocenters. The molecule has 1 aromatic heterocycles. The van der Waals surface area contributed by atoms with Gasteiger partial charge in [0.2, 0.25) is 5.91 Å². The van der Waals surface area contributed by atoms with Crippen LogP contribution in [0.4, 0.5) is 5.69 Å². The minimum absolute atomic E-state index is 0.0380. The molecule has 3 aromatic rings. The summed E-state index contributed by atoms with van der Waals surface area (Å²) in [5, 5.41) is 4.10. The summed E-state index contributed by atoms with van der Waals surface area (Å²) in [6.45, 7) is 2.44. The normalized spacial score (nSPS) is 10.8. The lowest BCUT2D eigenvalue weighted by molar-refractivity contribution is -0.116. The van der Waals surface area contributed by atoms with E-state index in [0.29, 0.717) is 6.54 Å². The van der Waals surface area contributed by atoms with Gasteiger partial charge in [-0.25, -0.2) is 0 Å². The number of hydrogen-bond acceptors (Lipinski definition) is 1. The maximum Gasteiger partial charge on any atom is 0.244 e. The molecule has 0 saturated heterocycles. The van der Waals surface area contributed by atoms with E-state index in [1.165, 1.54) is 10.9 Å². The molecule has 0 atom stereocenters. The third kappa shape index (κ3) is 3.07. The fraction of sp³-hybridized carbons (Fsp3) is 0.167. The highest BCUT2D eigenvalue weighted by Crippen LogP contribution is 2.22. The molecule has 0 aliphatic heterocycles. The summed E-state index contributed by atoms with van der Waals surface area (Å²) in [6, 6.07) is 16.0. The molecule has 4 heteroatoms. The van der Waals surface area contributed by atoms with Gasteiger partial charge in [-0.05, 0) is 63.6 Å². The van der Waals surface area contributed by atoms with Crippen molar-refractivity contribution in [1.29, 1.82) is 0 Å². The van der Waals surface area contributed by atoms with Gasteiger partial charge in [0.1, 0.15) is 6.54 Å². The lowest BCUT2D eigenvalue weighted by Crippen LogP contribution is -2.18. The number of nitrogens with zero attached hydrogens (tertiary/aromatic N) is 1. The van der Waals surface area contributed by atoms with Crippen molar-refractivity contribution in [2.45, 2.75) is 19.9 Å². The van der Waals surface area contributed by atoms with Crippen molar-refractivity contribution in [3.63, 3.8) is 0 Å². The minimum Gasteiger partial charge on any atom is -0.338 e. The minimum atomic E-state index is -0.0380. The molecule has 3 nitrogen and oxygen atoms in total. The van der Waals surface area contributed by atoms with Gasteiger partial charge < -0.3 is 9.88 Å². The highest BCUT2D eigenvalue weighted by atomic mass is 79.9. The molecule has 0 aliphatic carbocycles. The van der Waals surface area contributed by atoms with Crippen LogP contribution in [0, 0.1) is 0 Å². The van der Waals surface area contributed by atoms with E-state index >= 15 is 0 Å². The van der Waals surface area contributed by atoms with E-state index < -0.39 is 0 Å². The van der Waals surface area contributed by atoms with E-state index in [9.17, 15) is 4.79 Å². The Labute approximate surface area is 138 Å². The van der Waals surface area contributed by atoms with Crippen molar-refractivity contribution < 1.29 is 4.79 Å². The van der Waals surface area contributed by atoms with Gasteiger partial charge in [0.05, 0.1) is 5.69 Å². The number of aromatic nitrogens is 1. The number of rotatable bonds is 4. The zero-order valence-electron chi connectivity index (χ0n) is 12.3. The lowest BCUT2D eigenvalue weighted by atomic mass is 10.1. The van der Waals surface area contributed by atoms with Gasteiger partial charge in [-0.3, -0.25) is 4.79 Å². The monoisotopic (exact) mass is 356 g/mol. The summed E-state index contributed by atoms with van der Waals surface area (Å²) >= 11 is 3.44. The molecule has 0 saturated carbocycles. The molecule has 1 N–H and O–H groups in total. The fourth-order valence-electron chi connectivity index (χ4n) is 2.51. The number of nitrogens with one attached hydrogen (secondary N) is 1. The number of amides is 1. The molecule has 0 fully saturated rings. The molecule has 1 heterocycles. The Hall–Kier alpha value is -2.07. The quantitative estimate of drug-likeness (QED) is 0.727. The molecule has 112 valence electrons. The average molecular weight is 357 g/mol. The van der Waals surface area contributed by atoms with Gasteiger partial charge in [-0.15, -0.1) is 0 Å². The Kier molecular flexibility index (Phi) is 4.29. The van der Waals surface area contributed by atoms with Gasteiger partial charge in [0, 0.05) is 16.2 Å². The average Bonchev–Trinajstić information content (AvgIpc) is 2.91. The second kappa shape index (κ2) is 6.36. The molecule has 0 bridgehead atoms. The van der Waals surface area contributed by atoms with E-state index in [2.05, 4.69) is 52.4 Å². The number of halogens is 1.